The minimum absolute atomic E-state index is 0.800. The first kappa shape index (κ1) is 11.0. The Morgan fingerprint density at radius 2 is 2.22 bits per heavy atom. The lowest BCUT2D eigenvalue weighted by Gasteiger charge is -2.06. The molecule has 0 bridgehead atoms. The van der Waals surface area contributed by atoms with Crippen LogP contribution in [0.5, 0.6) is 0 Å². The predicted octanol–water partition coefficient (Wildman–Crippen LogP) is 3.75. The lowest BCUT2D eigenvalue weighted by Crippen LogP contribution is -1.99. The van der Waals surface area contributed by atoms with Gasteiger partial charge in [-0.15, -0.1) is 11.3 Å². The molecule has 0 saturated carbocycles. The van der Waals surface area contributed by atoms with Gasteiger partial charge in [0.2, 0.25) is 0 Å². The number of hydrogen-bond donors (Lipinski definition) is 2. The van der Waals surface area contributed by atoms with Gasteiger partial charge in [0.1, 0.15) is 5.01 Å². The average Bonchev–Trinajstić information content (AvgIpc) is 3.10. The molecule has 18 heavy (non-hydrogen) atoms. The van der Waals surface area contributed by atoms with Gasteiger partial charge >= 0.3 is 0 Å². The summed E-state index contributed by atoms with van der Waals surface area (Å²) in [5.74, 6) is 0. The zero-order chi connectivity index (χ0) is 12.2. The number of rotatable bonds is 4. The normalized spacial score (nSPS) is 10.4. The molecule has 90 valence electrons. The van der Waals surface area contributed by atoms with Gasteiger partial charge in [0.25, 0.3) is 0 Å². The molecule has 3 rings (SSSR count). The van der Waals surface area contributed by atoms with Crippen LogP contribution in [0.4, 0.5) is 5.69 Å². The predicted molar refractivity (Wildman–Crippen MR) is 75.7 cm³/mol. The summed E-state index contributed by atoms with van der Waals surface area (Å²) in [6.45, 7) is 0.800. The van der Waals surface area contributed by atoms with Crippen molar-refractivity contribution < 1.29 is 0 Å². The fourth-order valence-electron chi connectivity index (χ4n) is 1.80. The highest BCUT2D eigenvalue weighted by Gasteiger charge is 2.01. The van der Waals surface area contributed by atoms with Crippen LogP contribution in [-0.2, 0) is 6.54 Å². The largest absolute Gasteiger partial charge is 0.379 e. The first-order valence-electron chi connectivity index (χ1n) is 5.78. The van der Waals surface area contributed by atoms with Crippen LogP contribution < -0.4 is 5.32 Å². The summed E-state index contributed by atoms with van der Waals surface area (Å²) in [4.78, 5) is 7.50. The second-order valence-corrected chi connectivity index (χ2v) is 4.86. The fraction of sp³-hybridized carbons (Fsp3) is 0.0714. The smallest absolute Gasteiger partial charge is 0.123 e. The van der Waals surface area contributed by atoms with Gasteiger partial charge in [0.15, 0.2) is 0 Å². The highest BCUT2D eigenvalue weighted by Crippen LogP contribution is 2.24. The summed E-state index contributed by atoms with van der Waals surface area (Å²) in [6, 6.07) is 12.4. The highest BCUT2D eigenvalue weighted by molar-refractivity contribution is 7.13. The van der Waals surface area contributed by atoms with Crippen molar-refractivity contribution in [3.8, 4) is 10.6 Å². The maximum Gasteiger partial charge on any atom is 0.123 e. The summed E-state index contributed by atoms with van der Waals surface area (Å²) in [6.07, 6.45) is 3.77. The minimum Gasteiger partial charge on any atom is -0.379 e. The van der Waals surface area contributed by atoms with E-state index in [0.717, 1.165) is 22.8 Å². The summed E-state index contributed by atoms with van der Waals surface area (Å²) in [7, 11) is 0. The van der Waals surface area contributed by atoms with Crippen molar-refractivity contribution >= 4 is 17.0 Å². The first-order valence-corrected chi connectivity index (χ1v) is 6.66. The van der Waals surface area contributed by atoms with E-state index < -0.39 is 0 Å². The number of H-pyrrole nitrogens is 1. The molecule has 0 fully saturated rings. The number of thiazole rings is 1. The lowest BCUT2D eigenvalue weighted by molar-refractivity contribution is 1.07. The maximum atomic E-state index is 4.32. The fourth-order valence-corrected chi connectivity index (χ4v) is 2.44. The molecule has 3 nitrogen and oxygen atoms in total. The van der Waals surface area contributed by atoms with Crippen LogP contribution >= 0.6 is 11.3 Å². The molecule has 0 atom stereocenters. The van der Waals surface area contributed by atoms with Crippen molar-refractivity contribution in [1.82, 2.24) is 9.97 Å². The number of hydrogen-bond acceptors (Lipinski definition) is 3. The first-order chi connectivity index (χ1) is 8.92. The topological polar surface area (TPSA) is 40.7 Å². The summed E-state index contributed by atoms with van der Waals surface area (Å²) >= 11 is 1.66. The monoisotopic (exact) mass is 255 g/mol. The van der Waals surface area contributed by atoms with Crippen LogP contribution in [0.3, 0.4) is 0 Å². The van der Waals surface area contributed by atoms with Gasteiger partial charge in [-0.2, -0.15) is 0 Å². The molecule has 4 heteroatoms. The van der Waals surface area contributed by atoms with Crippen LogP contribution in [-0.4, -0.2) is 9.97 Å². The van der Waals surface area contributed by atoms with Crippen LogP contribution in [0, 0.1) is 0 Å². The van der Waals surface area contributed by atoms with Crippen molar-refractivity contribution in [1.29, 1.82) is 0 Å². The quantitative estimate of drug-likeness (QED) is 0.745. The van der Waals surface area contributed by atoms with Gasteiger partial charge in [0.05, 0.1) is 6.54 Å². The van der Waals surface area contributed by atoms with Gasteiger partial charge in [0, 0.05) is 34.7 Å². The van der Waals surface area contributed by atoms with E-state index in [9.17, 15) is 0 Å². The van der Waals surface area contributed by atoms with E-state index in [0.29, 0.717) is 0 Å². The lowest BCUT2D eigenvalue weighted by atomic mass is 10.2. The van der Waals surface area contributed by atoms with Crippen molar-refractivity contribution in [3.63, 3.8) is 0 Å². The Hall–Kier alpha value is -2.07. The summed E-state index contributed by atoms with van der Waals surface area (Å²) < 4.78 is 0. The van der Waals surface area contributed by atoms with Gasteiger partial charge in [-0.25, -0.2) is 4.98 Å². The van der Waals surface area contributed by atoms with E-state index in [-0.39, 0.29) is 0 Å². The minimum atomic E-state index is 0.800. The summed E-state index contributed by atoms with van der Waals surface area (Å²) in [5, 5.41) is 6.44. The molecule has 0 aliphatic heterocycles. The number of anilines is 1. The number of nitrogens with one attached hydrogen (secondary N) is 2. The van der Waals surface area contributed by atoms with E-state index in [1.54, 1.807) is 11.3 Å². The van der Waals surface area contributed by atoms with E-state index >= 15 is 0 Å². The molecular formula is C14H13N3S. The Balaban J connectivity index is 1.75. The van der Waals surface area contributed by atoms with Crippen LogP contribution in [0.2, 0.25) is 0 Å². The Labute approximate surface area is 110 Å². The number of nitrogens with zero attached hydrogens (tertiary/aromatic N) is 1. The van der Waals surface area contributed by atoms with Gasteiger partial charge in [-0.3, -0.25) is 0 Å². The molecule has 2 aromatic heterocycles. The van der Waals surface area contributed by atoms with E-state index in [1.165, 1.54) is 5.69 Å². The Bertz CT molecular complexity index is 600. The van der Waals surface area contributed by atoms with Crippen molar-refractivity contribution in [2.45, 2.75) is 6.54 Å². The molecular weight excluding hydrogens is 242 g/mol. The SMILES string of the molecule is c1cc(NCc2ccc[nH]2)cc(-c2nccs2)c1. The number of aromatic amines is 1. The molecule has 2 heterocycles. The molecule has 1 aromatic carbocycles. The third kappa shape index (κ3) is 2.43. The molecule has 0 aliphatic rings. The van der Waals surface area contributed by atoms with E-state index in [4.69, 9.17) is 0 Å². The maximum absolute atomic E-state index is 4.32. The van der Waals surface area contributed by atoms with Gasteiger partial charge < -0.3 is 10.3 Å². The second-order valence-electron chi connectivity index (χ2n) is 3.97. The van der Waals surface area contributed by atoms with Crippen LogP contribution in [0.25, 0.3) is 10.6 Å². The molecule has 3 aromatic rings. The van der Waals surface area contributed by atoms with Gasteiger partial charge in [-0.1, -0.05) is 12.1 Å². The third-order valence-electron chi connectivity index (χ3n) is 2.69. The van der Waals surface area contributed by atoms with Crippen molar-refractivity contribution in [2.24, 2.45) is 0 Å². The molecule has 2 N–H and O–H groups in total. The zero-order valence-electron chi connectivity index (χ0n) is 9.76. The Morgan fingerprint density at radius 3 is 3.00 bits per heavy atom. The highest BCUT2D eigenvalue weighted by atomic mass is 32.1. The molecule has 0 unspecified atom stereocenters. The van der Waals surface area contributed by atoms with Crippen LogP contribution in [0.15, 0.2) is 54.2 Å². The Morgan fingerprint density at radius 1 is 1.22 bits per heavy atom. The molecule has 0 saturated heterocycles. The molecule has 0 spiro atoms. The second kappa shape index (κ2) is 5.06. The standard InChI is InChI=1S/C14H13N3S/c1-3-11(14-16-7-8-18-14)9-12(4-1)17-10-13-5-2-6-15-13/h1-9,15,17H,10H2. The molecule has 0 amide bonds. The van der Waals surface area contributed by atoms with Crippen molar-refractivity contribution in [2.75, 3.05) is 5.32 Å². The van der Waals surface area contributed by atoms with Gasteiger partial charge in [-0.05, 0) is 24.3 Å². The Kier molecular flexibility index (Phi) is 3.10. The van der Waals surface area contributed by atoms with Crippen LogP contribution in [0.1, 0.15) is 5.69 Å². The summed E-state index contributed by atoms with van der Waals surface area (Å²) in [5.41, 5.74) is 3.44. The molecule has 0 radical (unpaired) electrons. The number of aromatic nitrogens is 2. The third-order valence-corrected chi connectivity index (χ3v) is 3.51. The number of benzene rings is 1. The van der Waals surface area contributed by atoms with E-state index in [2.05, 4.69) is 39.6 Å². The average molecular weight is 255 g/mol. The van der Waals surface area contributed by atoms with Crippen molar-refractivity contribution in [3.05, 3.63) is 59.9 Å². The zero-order valence-corrected chi connectivity index (χ0v) is 10.6. The molecule has 0 aliphatic carbocycles. The van der Waals surface area contributed by atoms with E-state index in [1.807, 2.05) is 29.9 Å².